The number of β-lactam (4-membered cyclic amide) rings is 1. The molecule has 74 valence electrons. The molecule has 1 amide bonds. The van der Waals surface area contributed by atoms with Crippen LogP contribution in [-0.2, 0) is 17.6 Å². The molecule has 3 rings (SSSR count). The van der Waals surface area contributed by atoms with Gasteiger partial charge in [-0.2, -0.15) is 0 Å². The zero-order chi connectivity index (χ0) is 9.71. The SMILES string of the molecule is NC1CN(c2nc3c(s2)CCC3)C1=O. The topological polar surface area (TPSA) is 59.2 Å². The number of aryl methyl sites for hydroxylation is 2. The van der Waals surface area contributed by atoms with Crippen LogP contribution in [-0.4, -0.2) is 23.5 Å². The number of aromatic nitrogens is 1. The summed E-state index contributed by atoms with van der Waals surface area (Å²) in [7, 11) is 0. The molecule has 14 heavy (non-hydrogen) atoms. The highest BCUT2D eigenvalue weighted by Crippen LogP contribution is 2.34. The molecule has 0 spiro atoms. The molecule has 1 aliphatic heterocycles. The number of fused-ring (bicyclic) bond motifs is 1. The molecule has 1 atom stereocenters. The van der Waals surface area contributed by atoms with Crippen molar-refractivity contribution in [3.05, 3.63) is 10.6 Å². The molecule has 0 bridgehead atoms. The van der Waals surface area contributed by atoms with Gasteiger partial charge in [-0.15, -0.1) is 11.3 Å². The summed E-state index contributed by atoms with van der Waals surface area (Å²) < 4.78 is 0. The molecular weight excluding hydrogens is 198 g/mol. The van der Waals surface area contributed by atoms with Crippen LogP contribution >= 0.6 is 11.3 Å². The Bertz CT molecular complexity index is 379. The largest absolute Gasteiger partial charge is 0.318 e. The molecule has 1 saturated heterocycles. The molecule has 5 heteroatoms. The first-order valence-corrected chi connectivity index (χ1v) is 5.63. The second-order valence-corrected chi connectivity index (χ2v) is 4.84. The van der Waals surface area contributed by atoms with Crippen molar-refractivity contribution in [2.75, 3.05) is 11.4 Å². The van der Waals surface area contributed by atoms with Crippen molar-refractivity contribution < 1.29 is 4.79 Å². The van der Waals surface area contributed by atoms with Crippen LogP contribution in [0.3, 0.4) is 0 Å². The van der Waals surface area contributed by atoms with E-state index in [1.807, 2.05) is 0 Å². The van der Waals surface area contributed by atoms with Gasteiger partial charge < -0.3 is 5.73 Å². The number of carbonyl (C=O) groups excluding carboxylic acids is 1. The number of anilines is 1. The van der Waals surface area contributed by atoms with Gasteiger partial charge in [-0.3, -0.25) is 9.69 Å². The zero-order valence-corrected chi connectivity index (χ0v) is 8.51. The van der Waals surface area contributed by atoms with E-state index in [1.54, 1.807) is 16.2 Å². The molecule has 1 fully saturated rings. The van der Waals surface area contributed by atoms with Gasteiger partial charge in [0.1, 0.15) is 6.04 Å². The molecule has 1 unspecified atom stereocenters. The molecule has 2 N–H and O–H groups in total. The Morgan fingerprint density at radius 3 is 3.00 bits per heavy atom. The summed E-state index contributed by atoms with van der Waals surface area (Å²) in [5.74, 6) is 0.0115. The van der Waals surface area contributed by atoms with Gasteiger partial charge in [0.15, 0.2) is 5.13 Å². The fourth-order valence-corrected chi connectivity index (χ4v) is 3.08. The third-order valence-corrected chi connectivity index (χ3v) is 3.96. The number of thiazole rings is 1. The van der Waals surface area contributed by atoms with Gasteiger partial charge in [0.25, 0.3) is 0 Å². The van der Waals surface area contributed by atoms with Crippen molar-refractivity contribution in [2.24, 2.45) is 5.73 Å². The highest BCUT2D eigenvalue weighted by Gasteiger charge is 2.37. The van der Waals surface area contributed by atoms with E-state index < -0.39 is 0 Å². The number of hydrogen-bond donors (Lipinski definition) is 1. The van der Waals surface area contributed by atoms with Gasteiger partial charge in [0, 0.05) is 4.88 Å². The van der Waals surface area contributed by atoms with E-state index >= 15 is 0 Å². The van der Waals surface area contributed by atoms with Crippen LogP contribution in [0.1, 0.15) is 17.0 Å². The summed E-state index contributed by atoms with van der Waals surface area (Å²) in [6.45, 7) is 0.630. The highest BCUT2D eigenvalue weighted by atomic mass is 32.1. The molecule has 2 heterocycles. The lowest BCUT2D eigenvalue weighted by Gasteiger charge is -2.33. The number of hydrogen-bond acceptors (Lipinski definition) is 4. The van der Waals surface area contributed by atoms with E-state index in [1.165, 1.54) is 17.0 Å². The fraction of sp³-hybridized carbons (Fsp3) is 0.556. The van der Waals surface area contributed by atoms with Crippen molar-refractivity contribution in [1.29, 1.82) is 0 Å². The second kappa shape index (κ2) is 2.77. The van der Waals surface area contributed by atoms with E-state index in [9.17, 15) is 4.79 Å². The summed E-state index contributed by atoms with van der Waals surface area (Å²) in [4.78, 5) is 18.9. The van der Waals surface area contributed by atoms with E-state index in [2.05, 4.69) is 4.98 Å². The second-order valence-electron chi connectivity index (χ2n) is 3.78. The number of nitrogens with two attached hydrogens (primary N) is 1. The number of nitrogens with zero attached hydrogens (tertiary/aromatic N) is 2. The monoisotopic (exact) mass is 209 g/mol. The summed E-state index contributed by atoms with van der Waals surface area (Å²) in [6.07, 6.45) is 3.41. The summed E-state index contributed by atoms with van der Waals surface area (Å²) >= 11 is 1.65. The average Bonchev–Trinajstić information content (AvgIpc) is 2.72. The van der Waals surface area contributed by atoms with Crippen LogP contribution < -0.4 is 10.6 Å². The molecule has 1 aromatic rings. The van der Waals surface area contributed by atoms with Crippen LogP contribution in [0.4, 0.5) is 5.13 Å². The summed E-state index contributed by atoms with van der Waals surface area (Å²) in [6, 6.07) is -0.297. The molecule has 1 aromatic heterocycles. The van der Waals surface area contributed by atoms with Crippen LogP contribution in [0.5, 0.6) is 0 Å². The van der Waals surface area contributed by atoms with Crippen molar-refractivity contribution in [2.45, 2.75) is 25.3 Å². The van der Waals surface area contributed by atoms with Gasteiger partial charge in [0.2, 0.25) is 5.91 Å². The molecule has 1 aliphatic carbocycles. The lowest BCUT2D eigenvalue weighted by atomic mass is 10.1. The number of amides is 1. The maximum absolute atomic E-state index is 11.4. The standard InChI is InChI=1S/C9H11N3OS/c10-5-4-12(8(5)13)9-11-6-2-1-3-7(6)14-9/h5H,1-4,10H2. The number of rotatable bonds is 1. The Morgan fingerprint density at radius 2 is 2.36 bits per heavy atom. The van der Waals surface area contributed by atoms with Crippen LogP contribution in [0.2, 0.25) is 0 Å². The average molecular weight is 209 g/mol. The lowest BCUT2D eigenvalue weighted by molar-refractivity contribution is -0.123. The predicted molar refractivity (Wildman–Crippen MR) is 54.5 cm³/mol. The minimum absolute atomic E-state index is 0.0115. The van der Waals surface area contributed by atoms with Crippen molar-refractivity contribution in [3.8, 4) is 0 Å². The quantitative estimate of drug-likeness (QED) is 0.677. The van der Waals surface area contributed by atoms with Gasteiger partial charge in [-0.1, -0.05) is 0 Å². The van der Waals surface area contributed by atoms with Crippen LogP contribution in [0, 0.1) is 0 Å². The fourth-order valence-electron chi connectivity index (χ4n) is 1.92. The Labute approximate surface area is 85.7 Å². The normalized spacial score (nSPS) is 25.1. The first kappa shape index (κ1) is 8.38. The molecular formula is C9H11N3OS. The van der Waals surface area contributed by atoms with E-state index in [4.69, 9.17) is 5.73 Å². The molecule has 0 aromatic carbocycles. The maximum Gasteiger partial charge on any atom is 0.247 e. The van der Waals surface area contributed by atoms with Crippen LogP contribution in [0.15, 0.2) is 0 Å². The van der Waals surface area contributed by atoms with E-state index in [0.717, 1.165) is 18.0 Å². The summed E-state index contributed by atoms with van der Waals surface area (Å²) in [5.41, 5.74) is 6.72. The zero-order valence-electron chi connectivity index (χ0n) is 7.69. The maximum atomic E-state index is 11.4. The van der Waals surface area contributed by atoms with Gasteiger partial charge in [-0.05, 0) is 19.3 Å². The number of carbonyl (C=O) groups is 1. The Balaban J connectivity index is 1.88. The first-order valence-electron chi connectivity index (χ1n) is 4.81. The minimum atomic E-state index is -0.297. The lowest BCUT2D eigenvalue weighted by Crippen LogP contribution is -2.61. The summed E-state index contributed by atoms with van der Waals surface area (Å²) in [5, 5.41) is 0.849. The molecule has 2 aliphatic rings. The van der Waals surface area contributed by atoms with Crippen molar-refractivity contribution >= 4 is 22.4 Å². The van der Waals surface area contributed by atoms with E-state index in [-0.39, 0.29) is 11.9 Å². The first-order chi connectivity index (χ1) is 6.75. The Hall–Kier alpha value is -0.940. The minimum Gasteiger partial charge on any atom is -0.318 e. The predicted octanol–water partition coefficient (Wildman–Crippen LogP) is 0.306. The van der Waals surface area contributed by atoms with Crippen molar-refractivity contribution in [1.82, 2.24) is 4.98 Å². The van der Waals surface area contributed by atoms with Crippen LogP contribution in [0.25, 0.3) is 0 Å². The van der Waals surface area contributed by atoms with Gasteiger partial charge in [-0.25, -0.2) is 4.98 Å². The van der Waals surface area contributed by atoms with Gasteiger partial charge >= 0.3 is 0 Å². The molecule has 0 saturated carbocycles. The highest BCUT2D eigenvalue weighted by molar-refractivity contribution is 7.16. The Kier molecular flexibility index (Phi) is 1.66. The van der Waals surface area contributed by atoms with E-state index in [0.29, 0.717) is 6.54 Å². The Morgan fingerprint density at radius 1 is 1.50 bits per heavy atom. The smallest absolute Gasteiger partial charge is 0.247 e. The van der Waals surface area contributed by atoms with Gasteiger partial charge in [0.05, 0.1) is 12.2 Å². The third kappa shape index (κ3) is 1.02. The molecule has 4 nitrogen and oxygen atoms in total. The van der Waals surface area contributed by atoms with Crippen molar-refractivity contribution in [3.63, 3.8) is 0 Å². The molecule has 0 radical (unpaired) electrons. The third-order valence-electron chi connectivity index (χ3n) is 2.78.